The fraction of sp³-hybridized carbons (Fsp3) is 0.435. The molecule has 1 heterocycles. The van der Waals surface area contributed by atoms with E-state index in [1.54, 1.807) is 0 Å². The summed E-state index contributed by atoms with van der Waals surface area (Å²) in [5, 5.41) is 3.86. The summed E-state index contributed by atoms with van der Waals surface area (Å²) in [5.74, 6) is -1.14. The molecule has 2 aromatic rings. The van der Waals surface area contributed by atoms with Crippen molar-refractivity contribution < 1.29 is 17.6 Å². The topological polar surface area (TPSA) is 66.5 Å². The van der Waals surface area contributed by atoms with Gasteiger partial charge in [0.1, 0.15) is 10.7 Å². The fourth-order valence-electron chi connectivity index (χ4n) is 4.17. The van der Waals surface area contributed by atoms with E-state index < -0.39 is 21.4 Å². The van der Waals surface area contributed by atoms with E-state index in [0.29, 0.717) is 17.9 Å². The number of hydrogen-bond donors (Lipinski definition) is 1. The largest absolute Gasteiger partial charge is 0.346 e. The molecule has 0 radical (unpaired) electrons. The minimum atomic E-state index is -3.92. The summed E-state index contributed by atoms with van der Waals surface area (Å²) in [4.78, 5) is 12.8. The summed E-state index contributed by atoms with van der Waals surface area (Å²) in [7, 11) is -3.92. The molecule has 2 aromatic carbocycles. The third kappa shape index (κ3) is 4.94. The lowest BCUT2D eigenvalue weighted by atomic mass is 9.83. The molecule has 0 saturated carbocycles. The molecule has 0 bridgehead atoms. The molecular weight excluding hydrogens is 439 g/mol. The molecule has 5 nitrogen and oxygen atoms in total. The number of piperidine rings is 1. The van der Waals surface area contributed by atoms with Gasteiger partial charge in [0.2, 0.25) is 15.9 Å². The molecule has 1 aliphatic heterocycles. The van der Waals surface area contributed by atoms with Crippen LogP contribution < -0.4 is 5.32 Å². The zero-order valence-electron chi connectivity index (χ0n) is 17.8. The van der Waals surface area contributed by atoms with Crippen LogP contribution in [0.3, 0.4) is 0 Å². The molecule has 1 N–H and O–H groups in total. The number of hydrogen-bond acceptors (Lipinski definition) is 3. The Morgan fingerprint density at radius 1 is 1.10 bits per heavy atom. The molecule has 0 aromatic heterocycles. The number of halogens is 2. The molecule has 0 aliphatic carbocycles. The van der Waals surface area contributed by atoms with Gasteiger partial charge in [-0.05, 0) is 55.5 Å². The number of amides is 1. The van der Waals surface area contributed by atoms with Gasteiger partial charge >= 0.3 is 0 Å². The number of benzene rings is 2. The number of sulfonamides is 1. The molecule has 1 fully saturated rings. The molecule has 8 heteroatoms. The zero-order valence-corrected chi connectivity index (χ0v) is 19.3. The highest BCUT2D eigenvalue weighted by molar-refractivity contribution is 7.89. The standard InChI is InChI=1S/C23H28ClFN2O3S/c1-3-23(4-2,18-9-11-19(24)12-10-18)26-22(28)17-13-15-27(16-14-17)31(29,30)21-8-6-5-7-20(21)25/h5-12,17H,3-4,13-16H2,1-2H3,(H,26,28). The lowest BCUT2D eigenvalue weighted by Crippen LogP contribution is -2.50. The van der Waals surface area contributed by atoms with Crippen molar-refractivity contribution in [1.82, 2.24) is 9.62 Å². The van der Waals surface area contributed by atoms with Gasteiger partial charge in [0.25, 0.3) is 0 Å². The van der Waals surface area contributed by atoms with Crippen LogP contribution in [-0.2, 0) is 20.4 Å². The number of carbonyl (C=O) groups is 1. The smallest absolute Gasteiger partial charge is 0.245 e. The lowest BCUT2D eigenvalue weighted by Gasteiger charge is -2.37. The van der Waals surface area contributed by atoms with Crippen LogP contribution in [0.5, 0.6) is 0 Å². The normalized spacial score (nSPS) is 16.3. The Morgan fingerprint density at radius 3 is 2.23 bits per heavy atom. The van der Waals surface area contributed by atoms with Crippen molar-refractivity contribution in [3.63, 3.8) is 0 Å². The van der Waals surface area contributed by atoms with Crippen LogP contribution in [-0.4, -0.2) is 31.7 Å². The summed E-state index contributed by atoms with van der Waals surface area (Å²) in [6, 6.07) is 12.9. The van der Waals surface area contributed by atoms with E-state index in [1.807, 2.05) is 38.1 Å². The van der Waals surface area contributed by atoms with Crippen LogP contribution in [0.1, 0.15) is 45.1 Å². The van der Waals surface area contributed by atoms with E-state index in [1.165, 1.54) is 22.5 Å². The molecule has 1 aliphatic rings. The van der Waals surface area contributed by atoms with Crippen LogP contribution in [0, 0.1) is 11.7 Å². The number of carbonyl (C=O) groups excluding carboxylic acids is 1. The van der Waals surface area contributed by atoms with Crippen molar-refractivity contribution in [2.75, 3.05) is 13.1 Å². The molecule has 31 heavy (non-hydrogen) atoms. The van der Waals surface area contributed by atoms with Crippen LogP contribution in [0.4, 0.5) is 4.39 Å². The van der Waals surface area contributed by atoms with E-state index in [0.717, 1.165) is 24.5 Å². The number of rotatable bonds is 7. The Balaban J connectivity index is 1.69. The van der Waals surface area contributed by atoms with Gasteiger partial charge in [-0.15, -0.1) is 0 Å². The van der Waals surface area contributed by atoms with E-state index in [-0.39, 0.29) is 29.8 Å². The SMILES string of the molecule is CCC(CC)(NC(=O)C1CCN(S(=O)(=O)c2ccccc2F)CC1)c1ccc(Cl)cc1. The first-order chi connectivity index (χ1) is 14.7. The van der Waals surface area contributed by atoms with Crippen molar-refractivity contribution >= 4 is 27.5 Å². The Morgan fingerprint density at radius 2 is 1.68 bits per heavy atom. The second-order valence-electron chi connectivity index (χ2n) is 7.89. The highest BCUT2D eigenvalue weighted by Crippen LogP contribution is 2.32. The summed E-state index contributed by atoms with van der Waals surface area (Å²) >= 11 is 6.02. The predicted octanol–water partition coefficient (Wildman–Crippen LogP) is 4.71. The number of nitrogens with one attached hydrogen (secondary N) is 1. The quantitative estimate of drug-likeness (QED) is 0.642. The summed E-state index contributed by atoms with van der Waals surface area (Å²) < 4.78 is 40.9. The van der Waals surface area contributed by atoms with Crippen molar-refractivity contribution in [3.8, 4) is 0 Å². The fourth-order valence-corrected chi connectivity index (χ4v) is 5.83. The maximum absolute atomic E-state index is 14.0. The van der Waals surface area contributed by atoms with Crippen molar-refractivity contribution in [1.29, 1.82) is 0 Å². The third-order valence-electron chi connectivity index (χ3n) is 6.25. The van der Waals surface area contributed by atoms with E-state index in [2.05, 4.69) is 5.32 Å². The zero-order chi connectivity index (χ0) is 22.6. The van der Waals surface area contributed by atoms with Crippen LogP contribution in [0.25, 0.3) is 0 Å². The van der Waals surface area contributed by atoms with E-state index >= 15 is 0 Å². The summed E-state index contributed by atoms with van der Waals surface area (Å²) in [6.07, 6.45) is 2.22. The Bertz CT molecular complexity index is 1020. The summed E-state index contributed by atoms with van der Waals surface area (Å²) in [6.45, 7) is 4.42. The highest BCUT2D eigenvalue weighted by Gasteiger charge is 2.36. The van der Waals surface area contributed by atoms with Crippen LogP contribution in [0.2, 0.25) is 5.02 Å². The van der Waals surface area contributed by atoms with Gasteiger partial charge < -0.3 is 5.32 Å². The molecule has 0 spiro atoms. The van der Waals surface area contributed by atoms with Gasteiger partial charge in [0.15, 0.2) is 0 Å². The maximum atomic E-state index is 14.0. The average Bonchev–Trinajstić information content (AvgIpc) is 2.78. The minimum absolute atomic E-state index is 0.0819. The highest BCUT2D eigenvalue weighted by atomic mass is 35.5. The van der Waals surface area contributed by atoms with Crippen LogP contribution >= 0.6 is 11.6 Å². The van der Waals surface area contributed by atoms with Crippen molar-refractivity contribution in [3.05, 3.63) is 64.9 Å². The lowest BCUT2D eigenvalue weighted by molar-refractivity contribution is -0.128. The van der Waals surface area contributed by atoms with Crippen molar-refractivity contribution in [2.45, 2.75) is 50.0 Å². The van der Waals surface area contributed by atoms with Gasteiger partial charge in [0.05, 0.1) is 5.54 Å². The molecule has 168 valence electrons. The molecule has 1 saturated heterocycles. The van der Waals surface area contributed by atoms with Gasteiger partial charge in [0, 0.05) is 24.0 Å². The first-order valence-electron chi connectivity index (χ1n) is 10.6. The third-order valence-corrected chi connectivity index (χ3v) is 8.43. The first-order valence-corrected chi connectivity index (χ1v) is 12.4. The molecule has 0 unspecified atom stereocenters. The molecule has 0 atom stereocenters. The predicted molar refractivity (Wildman–Crippen MR) is 120 cm³/mol. The number of nitrogens with zero attached hydrogens (tertiary/aromatic N) is 1. The monoisotopic (exact) mass is 466 g/mol. The van der Waals surface area contributed by atoms with Gasteiger partial charge in [-0.3, -0.25) is 4.79 Å². The average molecular weight is 467 g/mol. The van der Waals surface area contributed by atoms with Gasteiger partial charge in [-0.1, -0.05) is 49.7 Å². The second kappa shape index (κ2) is 9.67. The molecular formula is C23H28ClFN2O3S. The van der Waals surface area contributed by atoms with Gasteiger partial charge in [-0.25, -0.2) is 12.8 Å². The second-order valence-corrected chi connectivity index (χ2v) is 10.2. The van der Waals surface area contributed by atoms with Crippen molar-refractivity contribution in [2.24, 2.45) is 5.92 Å². The van der Waals surface area contributed by atoms with Gasteiger partial charge in [-0.2, -0.15) is 4.31 Å². The summed E-state index contributed by atoms with van der Waals surface area (Å²) in [5.41, 5.74) is 0.493. The minimum Gasteiger partial charge on any atom is -0.346 e. The van der Waals surface area contributed by atoms with Crippen LogP contribution in [0.15, 0.2) is 53.4 Å². The molecule has 1 amide bonds. The Kier molecular flexibility index (Phi) is 7.39. The first kappa shape index (κ1) is 23.7. The molecule has 3 rings (SSSR count). The Hall–Kier alpha value is -1.96. The van der Waals surface area contributed by atoms with E-state index in [4.69, 9.17) is 11.6 Å². The van der Waals surface area contributed by atoms with E-state index in [9.17, 15) is 17.6 Å². The maximum Gasteiger partial charge on any atom is 0.245 e. The Labute approximate surface area is 188 Å².